The van der Waals surface area contributed by atoms with Crippen molar-refractivity contribution in [3.05, 3.63) is 34.8 Å². The number of halogens is 1. The number of primary amides is 1. The molecule has 1 aromatic heterocycles. The van der Waals surface area contributed by atoms with Crippen LogP contribution in [0.4, 0.5) is 4.39 Å². The van der Waals surface area contributed by atoms with E-state index in [4.69, 9.17) is 5.73 Å². The molecule has 2 rings (SSSR count). The average Bonchev–Trinajstić information content (AvgIpc) is 2.41. The van der Waals surface area contributed by atoms with Crippen LogP contribution >= 0.6 is 0 Å². The maximum absolute atomic E-state index is 13.2. The molecule has 78 valence electrons. The van der Waals surface area contributed by atoms with Gasteiger partial charge in [0.15, 0.2) is 0 Å². The number of benzene rings is 1. The third-order valence-electron chi connectivity index (χ3n) is 2.50. The summed E-state index contributed by atoms with van der Waals surface area (Å²) in [7, 11) is 0. The molecular formula is C11H11FN2O. The maximum Gasteiger partial charge on any atom is 0.251 e. The summed E-state index contributed by atoms with van der Waals surface area (Å²) in [6, 6.07) is 2.75. The Balaban J connectivity index is 2.93. The first-order valence-electron chi connectivity index (χ1n) is 4.59. The third-order valence-corrected chi connectivity index (χ3v) is 2.50. The third kappa shape index (κ3) is 1.38. The molecule has 0 aliphatic carbocycles. The topological polar surface area (TPSA) is 58.9 Å². The number of amides is 1. The zero-order valence-electron chi connectivity index (χ0n) is 8.52. The average molecular weight is 206 g/mol. The zero-order chi connectivity index (χ0) is 11.2. The summed E-state index contributed by atoms with van der Waals surface area (Å²) in [5.74, 6) is -0.898. The highest BCUT2D eigenvalue weighted by atomic mass is 19.1. The standard InChI is InChI=1S/C11H11FN2O/c1-5-3-7(12)4-8-9(11(13)15)6(2)14-10(5)8/h3-4,14H,1-2H3,(H2,13,15). The lowest BCUT2D eigenvalue weighted by molar-refractivity contribution is 0.100. The molecule has 15 heavy (non-hydrogen) atoms. The Morgan fingerprint density at radius 3 is 2.67 bits per heavy atom. The molecule has 0 atom stereocenters. The minimum Gasteiger partial charge on any atom is -0.366 e. The number of nitrogens with one attached hydrogen (secondary N) is 1. The van der Waals surface area contributed by atoms with E-state index in [-0.39, 0.29) is 5.82 Å². The number of H-pyrrole nitrogens is 1. The first kappa shape index (κ1) is 9.71. The molecule has 0 radical (unpaired) electrons. The number of aryl methyl sites for hydroxylation is 2. The highest BCUT2D eigenvalue weighted by molar-refractivity contribution is 6.08. The Kier molecular flexibility index (Phi) is 2.00. The predicted octanol–water partition coefficient (Wildman–Crippen LogP) is 2.02. The van der Waals surface area contributed by atoms with E-state index in [1.807, 2.05) is 0 Å². The largest absolute Gasteiger partial charge is 0.366 e. The monoisotopic (exact) mass is 206 g/mol. The molecule has 4 heteroatoms. The van der Waals surface area contributed by atoms with Gasteiger partial charge in [0.05, 0.1) is 5.56 Å². The fourth-order valence-electron chi connectivity index (χ4n) is 1.88. The van der Waals surface area contributed by atoms with Gasteiger partial charge in [-0.3, -0.25) is 4.79 Å². The van der Waals surface area contributed by atoms with Crippen LogP contribution in [0.1, 0.15) is 21.6 Å². The van der Waals surface area contributed by atoms with E-state index in [0.717, 1.165) is 11.1 Å². The van der Waals surface area contributed by atoms with Gasteiger partial charge < -0.3 is 10.7 Å². The molecule has 3 nitrogen and oxygen atoms in total. The van der Waals surface area contributed by atoms with Crippen molar-refractivity contribution >= 4 is 16.8 Å². The van der Waals surface area contributed by atoms with Gasteiger partial charge in [0.25, 0.3) is 5.91 Å². The van der Waals surface area contributed by atoms with Crippen LogP contribution in [0, 0.1) is 19.7 Å². The molecule has 0 saturated heterocycles. The molecule has 0 fully saturated rings. The lowest BCUT2D eigenvalue weighted by Gasteiger charge is -1.97. The number of nitrogens with two attached hydrogens (primary N) is 1. The molecule has 2 aromatic rings. The maximum atomic E-state index is 13.2. The smallest absolute Gasteiger partial charge is 0.251 e. The molecule has 1 amide bonds. The van der Waals surface area contributed by atoms with Gasteiger partial charge in [-0.1, -0.05) is 0 Å². The molecule has 3 N–H and O–H groups in total. The predicted molar refractivity (Wildman–Crippen MR) is 56.2 cm³/mol. The van der Waals surface area contributed by atoms with E-state index in [1.165, 1.54) is 12.1 Å². The Morgan fingerprint density at radius 1 is 1.40 bits per heavy atom. The number of carbonyl (C=O) groups excluding carboxylic acids is 1. The van der Waals surface area contributed by atoms with Crippen molar-refractivity contribution in [2.45, 2.75) is 13.8 Å². The first-order valence-corrected chi connectivity index (χ1v) is 4.59. The van der Waals surface area contributed by atoms with Crippen LogP contribution in [0.25, 0.3) is 10.9 Å². The second-order valence-electron chi connectivity index (χ2n) is 3.63. The number of aromatic nitrogens is 1. The van der Waals surface area contributed by atoms with E-state index < -0.39 is 5.91 Å². The van der Waals surface area contributed by atoms with Crippen molar-refractivity contribution in [3.8, 4) is 0 Å². The molecule has 0 aliphatic rings. The summed E-state index contributed by atoms with van der Waals surface area (Å²) in [6.07, 6.45) is 0. The Bertz CT molecular complexity index is 557. The second-order valence-corrected chi connectivity index (χ2v) is 3.63. The lowest BCUT2D eigenvalue weighted by atomic mass is 10.1. The fraction of sp³-hybridized carbons (Fsp3) is 0.182. The van der Waals surface area contributed by atoms with Gasteiger partial charge in [-0.25, -0.2) is 4.39 Å². The van der Waals surface area contributed by atoms with E-state index in [9.17, 15) is 9.18 Å². The molecule has 0 spiro atoms. The van der Waals surface area contributed by atoms with Gasteiger partial charge in [-0.2, -0.15) is 0 Å². The Hall–Kier alpha value is -1.84. The molecule has 1 heterocycles. The SMILES string of the molecule is Cc1[nH]c2c(C)cc(F)cc2c1C(N)=O. The van der Waals surface area contributed by atoms with E-state index in [1.54, 1.807) is 13.8 Å². The first-order chi connectivity index (χ1) is 7.00. The summed E-state index contributed by atoms with van der Waals surface area (Å²) in [5, 5.41) is 0.553. The highest BCUT2D eigenvalue weighted by Gasteiger charge is 2.15. The zero-order valence-corrected chi connectivity index (χ0v) is 8.52. The quantitative estimate of drug-likeness (QED) is 0.736. The number of carbonyl (C=O) groups is 1. The normalized spacial score (nSPS) is 10.9. The molecule has 1 aromatic carbocycles. The van der Waals surface area contributed by atoms with Gasteiger partial charge in [0.2, 0.25) is 0 Å². The number of fused-ring (bicyclic) bond motifs is 1. The van der Waals surface area contributed by atoms with Crippen LogP contribution in [-0.4, -0.2) is 10.9 Å². The summed E-state index contributed by atoms with van der Waals surface area (Å²) in [6.45, 7) is 3.53. The number of rotatable bonds is 1. The van der Waals surface area contributed by atoms with Crippen molar-refractivity contribution in [1.29, 1.82) is 0 Å². The molecular weight excluding hydrogens is 195 g/mol. The molecule has 0 saturated carbocycles. The van der Waals surface area contributed by atoms with Crippen LogP contribution in [-0.2, 0) is 0 Å². The van der Waals surface area contributed by atoms with Crippen molar-refractivity contribution in [2.75, 3.05) is 0 Å². The molecule has 0 unspecified atom stereocenters. The van der Waals surface area contributed by atoms with E-state index >= 15 is 0 Å². The minimum absolute atomic E-state index is 0.360. The van der Waals surface area contributed by atoms with E-state index in [2.05, 4.69) is 4.98 Å². The van der Waals surface area contributed by atoms with Crippen LogP contribution in [0.5, 0.6) is 0 Å². The van der Waals surface area contributed by atoms with Crippen molar-refractivity contribution in [3.63, 3.8) is 0 Å². The summed E-state index contributed by atoms with van der Waals surface area (Å²) >= 11 is 0. The van der Waals surface area contributed by atoms with Crippen LogP contribution in [0.3, 0.4) is 0 Å². The van der Waals surface area contributed by atoms with Gasteiger partial charge in [0, 0.05) is 16.6 Å². The summed E-state index contributed by atoms with van der Waals surface area (Å²) in [4.78, 5) is 14.2. The molecule has 0 bridgehead atoms. The van der Waals surface area contributed by atoms with Crippen LogP contribution in [0.2, 0.25) is 0 Å². The number of aromatic amines is 1. The number of hydrogen-bond acceptors (Lipinski definition) is 1. The van der Waals surface area contributed by atoms with Crippen molar-refractivity contribution in [1.82, 2.24) is 4.98 Å². The summed E-state index contributed by atoms with van der Waals surface area (Å²) < 4.78 is 13.2. The highest BCUT2D eigenvalue weighted by Crippen LogP contribution is 2.25. The van der Waals surface area contributed by atoms with Crippen LogP contribution < -0.4 is 5.73 Å². The Morgan fingerprint density at radius 2 is 2.07 bits per heavy atom. The summed E-state index contributed by atoms with van der Waals surface area (Å²) in [5.41, 5.74) is 7.82. The van der Waals surface area contributed by atoms with Crippen LogP contribution in [0.15, 0.2) is 12.1 Å². The van der Waals surface area contributed by atoms with Crippen molar-refractivity contribution < 1.29 is 9.18 Å². The number of hydrogen-bond donors (Lipinski definition) is 2. The van der Waals surface area contributed by atoms with Crippen molar-refractivity contribution in [2.24, 2.45) is 5.73 Å². The van der Waals surface area contributed by atoms with Gasteiger partial charge in [0.1, 0.15) is 5.82 Å². The van der Waals surface area contributed by atoms with Gasteiger partial charge in [-0.15, -0.1) is 0 Å². The minimum atomic E-state index is -0.538. The Labute approximate surface area is 86.1 Å². The van der Waals surface area contributed by atoms with E-state index in [0.29, 0.717) is 16.6 Å². The van der Waals surface area contributed by atoms with Gasteiger partial charge >= 0.3 is 0 Å². The second kappa shape index (κ2) is 3.08. The lowest BCUT2D eigenvalue weighted by Crippen LogP contribution is -2.11. The van der Waals surface area contributed by atoms with Gasteiger partial charge in [-0.05, 0) is 31.5 Å². The molecule has 0 aliphatic heterocycles. The fourth-order valence-corrected chi connectivity index (χ4v) is 1.88.